The summed E-state index contributed by atoms with van der Waals surface area (Å²) in [6, 6.07) is 0. The van der Waals surface area contributed by atoms with Gasteiger partial charge < -0.3 is 14.4 Å². The van der Waals surface area contributed by atoms with Crippen molar-refractivity contribution in [2.75, 3.05) is 6.54 Å². The quantitative estimate of drug-likeness (QED) is 0.635. The van der Waals surface area contributed by atoms with Crippen LogP contribution in [0.5, 0.6) is 0 Å². The smallest absolute Gasteiger partial charge is 0.220 e. The predicted octanol–water partition coefficient (Wildman–Crippen LogP) is 1.87. The summed E-state index contributed by atoms with van der Waals surface area (Å²) >= 11 is 0. The van der Waals surface area contributed by atoms with Crippen molar-refractivity contribution >= 4 is 5.91 Å². The maximum absolute atomic E-state index is 12.3. The summed E-state index contributed by atoms with van der Waals surface area (Å²) in [5.74, 6) is 0.848. The van der Waals surface area contributed by atoms with Crippen LogP contribution >= 0.6 is 0 Å². The van der Waals surface area contributed by atoms with Gasteiger partial charge in [-0.25, -0.2) is 0 Å². The molecule has 4 heteroatoms. The SMILES string of the molecule is CC(=O)N1CC23OC(CC2CC12CCCCC2)C1OC13. The second-order valence-electron chi connectivity index (χ2n) is 7.66. The predicted molar refractivity (Wildman–Crippen MR) is 72.2 cm³/mol. The normalized spacial score (nSPS) is 51.0. The fourth-order valence-electron chi connectivity index (χ4n) is 5.83. The van der Waals surface area contributed by atoms with Crippen molar-refractivity contribution in [3.63, 3.8) is 0 Å². The van der Waals surface area contributed by atoms with E-state index in [0.29, 0.717) is 18.1 Å². The third kappa shape index (κ3) is 1.28. The number of hydrogen-bond acceptors (Lipinski definition) is 3. The van der Waals surface area contributed by atoms with Gasteiger partial charge in [-0.2, -0.15) is 0 Å². The Morgan fingerprint density at radius 3 is 2.75 bits per heavy atom. The molecule has 5 rings (SSSR count). The van der Waals surface area contributed by atoms with Gasteiger partial charge in [0.25, 0.3) is 0 Å². The lowest BCUT2D eigenvalue weighted by Crippen LogP contribution is -2.66. The Morgan fingerprint density at radius 2 is 2.05 bits per heavy atom. The molecule has 4 aliphatic heterocycles. The van der Waals surface area contributed by atoms with E-state index in [9.17, 15) is 4.79 Å². The van der Waals surface area contributed by atoms with E-state index in [1.54, 1.807) is 6.92 Å². The van der Waals surface area contributed by atoms with E-state index < -0.39 is 0 Å². The molecule has 5 fully saturated rings. The summed E-state index contributed by atoms with van der Waals surface area (Å²) in [5, 5.41) is 0. The van der Waals surface area contributed by atoms with Crippen LogP contribution in [0, 0.1) is 5.92 Å². The average Bonchev–Trinajstić information content (AvgIpc) is 3.10. The van der Waals surface area contributed by atoms with Gasteiger partial charge in [-0.15, -0.1) is 0 Å². The molecule has 0 aromatic heterocycles. The van der Waals surface area contributed by atoms with Crippen LogP contribution in [0.3, 0.4) is 0 Å². The Bertz CT molecular complexity index is 472. The van der Waals surface area contributed by atoms with Crippen molar-refractivity contribution in [1.82, 2.24) is 4.90 Å². The lowest BCUT2D eigenvalue weighted by Gasteiger charge is -2.56. The summed E-state index contributed by atoms with van der Waals surface area (Å²) in [6.45, 7) is 2.52. The van der Waals surface area contributed by atoms with E-state index >= 15 is 0 Å². The van der Waals surface area contributed by atoms with Crippen LogP contribution in [0.25, 0.3) is 0 Å². The topological polar surface area (TPSA) is 42.1 Å². The molecule has 110 valence electrons. The van der Waals surface area contributed by atoms with Crippen molar-refractivity contribution in [3.05, 3.63) is 0 Å². The van der Waals surface area contributed by atoms with Crippen molar-refractivity contribution in [2.45, 2.75) is 81.3 Å². The fraction of sp³-hybridized carbons (Fsp3) is 0.938. The zero-order valence-corrected chi connectivity index (χ0v) is 12.1. The van der Waals surface area contributed by atoms with Gasteiger partial charge in [-0.1, -0.05) is 19.3 Å². The Kier molecular flexibility index (Phi) is 2.15. The molecule has 4 saturated heterocycles. The van der Waals surface area contributed by atoms with Gasteiger partial charge in [0.05, 0.1) is 12.6 Å². The number of hydrogen-bond donors (Lipinski definition) is 0. The molecule has 5 aliphatic rings. The van der Waals surface area contributed by atoms with Gasteiger partial charge in [-0.05, 0) is 31.6 Å². The number of piperidine rings is 1. The first kappa shape index (κ1) is 12.0. The van der Waals surface area contributed by atoms with E-state index in [1.165, 1.54) is 32.1 Å². The Balaban J connectivity index is 1.52. The Morgan fingerprint density at radius 1 is 1.25 bits per heavy atom. The maximum Gasteiger partial charge on any atom is 0.220 e. The van der Waals surface area contributed by atoms with E-state index in [4.69, 9.17) is 9.47 Å². The highest BCUT2D eigenvalue weighted by molar-refractivity contribution is 5.74. The van der Waals surface area contributed by atoms with Gasteiger partial charge in [0.2, 0.25) is 5.91 Å². The monoisotopic (exact) mass is 277 g/mol. The molecule has 1 amide bonds. The largest absolute Gasteiger partial charge is 0.364 e. The highest BCUT2D eigenvalue weighted by atomic mass is 16.7. The minimum absolute atomic E-state index is 0.137. The number of nitrogens with zero attached hydrogens (tertiary/aromatic N) is 1. The third-order valence-electron chi connectivity index (χ3n) is 6.72. The minimum Gasteiger partial charge on any atom is -0.364 e. The number of likely N-dealkylation sites (tertiary alicyclic amines) is 1. The van der Waals surface area contributed by atoms with Crippen LogP contribution in [0.2, 0.25) is 0 Å². The van der Waals surface area contributed by atoms with E-state index in [-0.39, 0.29) is 23.2 Å². The molecule has 5 atom stereocenters. The molecule has 4 heterocycles. The number of ether oxygens (including phenoxy) is 2. The summed E-state index contributed by atoms with van der Waals surface area (Å²) < 4.78 is 12.2. The van der Waals surface area contributed by atoms with Crippen LogP contribution in [0.4, 0.5) is 0 Å². The van der Waals surface area contributed by atoms with Crippen molar-refractivity contribution in [2.24, 2.45) is 5.92 Å². The van der Waals surface area contributed by atoms with Crippen LogP contribution in [-0.2, 0) is 14.3 Å². The number of carbonyl (C=O) groups is 1. The molecular formula is C16H23NO3. The second-order valence-corrected chi connectivity index (χ2v) is 7.66. The van der Waals surface area contributed by atoms with Crippen molar-refractivity contribution < 1.29 is 14.3 Å². The van der Waals surface area contributed by atoms with Crippen molar-refractivity contribution in [1.29, 1.82) is 0 Å². The van der Waals surface area contributed by atoms with E-state index in [1.807, 2.05) is 0 Å². The molecule has 1 aliphatic carbocycles. The lowest BCUT2D eigenvalue weighted by atomic mass is 9.64. The lowest BCUT2D eigenvalue weighted by molar-refractivity contribution is -0.166. The fourth-order valence-corrected chi connectivity index (χ4v) is 5.83. The molecule has 2 bridgehead atoms. The first-order valence-corrected chi connectivity index (χ1v) is 8.26. The molecule has 4 nitrogen and oxygen atoms in total. The molecule has 0 radical (unpaired) electrons. The van der Waals surface area contributed by atoms with E-state index in [0.717, 1.165) is 19.4 Å². The summed E-state index contributed by atoms with van der Waals surface area (Å²) in [7, 11) is 0. The summed E-state index contributed by atoms with van der Waals surface area (Å²) in [4.78, 5) is 14.5. The van der Waals surface area contributed by atoms with Crippen LogP contribution in [0.1, 0.15) is 51.9 Å². The van der Waals surface area contributed by atoms with Gasteiger partial charge >= 0.3 is 0 Å². The molecule has 0 aromatic carbocycles. The first-order valence-electron chi connectivity index (χ1n) is 8.26. The Labute approximate surface area is 119 Å². The zero-order chi connectivity index (χ0) is 13.5. The maximum atomic E-state index is 12.3. The second kappa shape index (κ2) is 3.58. The molecular weight excluding hydrogens is 254 g/mol. The molecule has 1 saturated carbocycles. The summed E-state index contributed by atoms with van der Waals surface area (Å²) in [5.41, 5.74) is -0.0120. The molecule has 2 spiro atoms. The zero-order valence-electron chi connectivity index (χ0n) is 12.1. The highest BCUT2D eigenvalue weighted by Crippen LogP contribution is 2.63. The van der Waals surface area contributed by atoms with Crippen LogP contribution in [0.15, 0.2) is 0 Å². The number of rotatable bonds is 0. The van der Waals surface area contributed by atoms with Gasteiger partial charge in [0.15, 0.2) is 0 Å². The van der Waals surface area contributed by atoms with Gasteiger partial charge in [0, 0.05) is 12.5 Å². The standard InChI is InChI=1S/C16H23NO3/c1-10(18)17-9-16-11(7-12(20-16)13-14(16)19-13)8-15(17)5-3-2-4-6-15/h11-14H,2-9H2,1H3. The van der Waals surface area contributed by atoms with Gasteiger partial charge in [-0.3, -0.25) is 4.79 Å². The molecule has 0 aromatic rings. The average molecular weight is 277 g/mol. The Hall–Kier alpha value is -0.610. The van der Waals surface area contributed by atoms with Crippen LogP contribution < -0.4 is 0 Å². The molecule has 5 unspecified atom stereocenters. The van der Waals surface area contributed by atoms with Crippen molar-refractivity contribution in [3.8, 4) is 0 Å². The van der Waals surface area contributed by atoms with Crippen LogP contribution in [-0.4, -0.2) is 46.8 Å². The molecule has 0 N–H and O–H groups in total. The number of amides is 1. The first-order chi connectivity index (χ1) is 9.65. The number of carbonyl (C=O) groups excluding carboxylic acids is 1. The molecule has 20 heavy (non-hydrogen) atoms. The van der Waals surface area contributed by atoms with Gasteiger partial charge in [0.1, 0.15) is 17.8 Å². The van der Waals surface area contributed by atoms with E-state index in [2.05, 4.69) is 4.90 Å². The third-order valence-corrected chi connectivity index (χ3v) is 6.72. The summed E-state index contributed by atoms with van der Waals surface area (Å²) in [6.07, 6.45) is 9.53. The number of epoxide rings is 1. The highest BCUT2D eigenvalue weighted by Gasteiger charge is 2.76. The number of fused-ring (bicyclic) bond motifs is 3. The minimum atomic E-state index is -0.149.